The van der Waals surface area contributed by atoms with Crippen molar-refractivity contribution in [3.8, 4) is 5.75 Å². The van der Waals surface area contributed by atoms with Crippen LogP contribution in [0.3, 0.4) is 0 Å². The SMILES string of the molecule is O=C(NCc1ccccc1CO)NCc1ccccc1OC1CCC1. The van der Waals surface area contributed by atoms with Gasteiger partial charge in [-0.25, -0.2) is 4.79 Å². The van der Waals surface area contributed by atoms with Gasteiger partial charge in [-0.15, -0.1) is 0 Å². The third kappa shape index (κ3) is 4.73. The Balaban J connectivity index is 1.50. The summed E-state index contributed by atoms with van der Waals surface area (Å²) in [5, 5.41) is 15.0. The molecule has 0 saturated heterocycles. The summed E-state index contributed by atoms with van der Waals surface area (Å²) < 4.78 is 5.97. The highest BCUT2D eigenvalue weighted by molar-refractivity contribution is 5.74. The largest absolute Gasteiger partial charge is 0.490 e. The van der Waals surface area contributed by atoms with Crippen molar-refractivity contribution in [2.75, 3.05) is 0 Å². The van der Waals surface area contributed by atoms with E-state index in [-0.39, 0.29) is 12.6 Å². The second-order valence-corrected chi connectivity index (χ2v) is 6.24. The molecule has 2 amide bonds. The normalized spacial score (nSPS) is 13.8. The smallest absolute Gasteiger partial charge is 0.315 e. The van der Waals surface area contributed by atoms with Crippen molar-refractivity contribution in [1.82, 2.24) is 10.6 Å². The van der Waals surface area contributed by atoms with Gasteiger partial charge in [0.05, 0.1) is 12.7 Å². The minimum atomic E-state index is -0.244. The number of carbonyl (C=O) groups excluding carboxylic acids is 1. The molecule has 1 fully saturated rings. The van der Waals surface area contributed by atoms with Crippen molar-refractivity contribution in [3.05, 3.63) is 65.2 Å². The van der Waals surface area contributed by atoms with Crippen LogP contribution in [0.5, 0.6) is 5.75 Å². The van der Waals surface area contributed by atoms with Crippen molar-refractivity contribution >= 4 is 6.03 Å². The molecular formula is C20H24N2O3. The molecule has 1 saturated carbocycles. The maximum absolute atomic E-state index is 12.1. The van der Waals surface area contributed by atoms with Crippen molar-refractivity contribution in [3.63, 3.8) is 0 Å². The van der Waals surface area contributed by atoms with Crippen LogP contribution in [-0.2, 0) is 19.7 Å². The Hall–Kier alpha value is -2.53. The van der Waals surface area contributed by atoms with Gasteiger partial charge < -0.3 is 20.5 Å². The number of amides is 2. The molecule has 1 aliphatic rings. The fourth-order valence-electron chi connectivity index (χ4n) is 2.73. The molecule has 2 aromatic carbocycles. The standard InChI is InChI=1S/C20H24N2O3/c23-14-17-8-2-1-6-15(17)12-21-20(24)22-13-16-7-3-4-11-19(16)25-18-9-5-10-18/h1-4,6-8,11,18,23H,5,9-10,12-14H2,(H2,21,22,24). The first-order chi connectivity index (χ1) is 12.3. The Morgan fingerprint density at radius 1 is 0.960 bits per heavy atom. The zero-order valence-electron chi connectivity index (χ0n) is 14.2. The van der Waals surface area contributed by atoms with E-state index in [2.05, 4.69) is 10.6 Å². The molecular weight excluding hydrogens is 316 g/mol. The van der Waals surface area contributed by atoms with E-state index in [1.165, 1.54) is 6.42 Å². The Morgan fingerprint density at radius 3 is 2.20 bits per heavy atom. The topological polar surface area (TPSA) is 70.6 Å². The van der Waals surface area contributed by atoms with Gasteiger partial charge in [0.2, 0.25) is 0 Å². The lowest BCUT2D eigenvalue weighted by Crippen LogP contribution is -2.35. The number of rotatable bonds is 7. The minimum absolute atomic E-state index is 0.0364. The number of benzene rings is 2. The highest BCUT2D eigenvalue weighted by Gasteiger charge is 2.20. The van der Waals surface area contributed by atoms with E-state index in [1.807, 2.05) is 48.5 Å². The lowest BCUT2D eigenvalue weighted by molar-refractivity contribution is 0.119. The van der Waals surface area contributed by atoms with Crippen LogP contribution in [0.25, 0.3) is 0 Å². The molecule has 0 spiro atoms. The number of aliphatic hydroxyl groups excluding tert-OH is 1. The molecule has 3 N–H and O–H groups in total. The van der Waals surface area contributed by atoms with Crippen LogP contribution < -0.4 is 15.4 Å². The number of nitrogens with one attached hydrogen (secondary N) is 2. The second-order valence-electron chi connectivity index (χ2n) is 6.24. The molecule has 0 heterocycles. The third-order valence-corrected chi connectivity index (χ3v) is 4.49. The van der Waals surface area contributed by atoms with Crippen LogP contribution in [0.1, 0.15) is 36.0 Å². The summed E-state index contributed by atoms with van der Waals surface area (Å²) in [6, 6.07) is 15.1. The fourth-order valence-corrected chi connectivity index (χ4v) is 2.73. The number of aliphatic hydroxyl groups is 1. The zero-order valence-corrected chi connectivity index (χ0v) is 14.2. The van der Waals surface area contributed by atoms with Crippen LogP contribution in [0.15, 0.2) is 48.5 Å². The molecule has 5 heteroatoms. The van der Waals surface area contributed by atoms with Gasteiger partial charge in [0.15, 0.2) is 0 Å². The van der Waals surface area contributed by atoms with Crippen LogP contribution in [0, 0.1) is 0 Å². The predicted octanol–water partition coefficient (Wildman–Crippen LogP) is 3.11. The molecule has 1 aliphatic carbocycles. The average Bonchev–Trinajstić information content (AvgIpc) is 2.62. The number of ether oxygens (including phenoxy) is 1. The first kappa shape index (κ1) is 17.3. The second kappa shape index (κ2) is 8.53. The molecule has 0 bridgehead atoms. The molecule has 0 aliphatic heterocycles. The van der Waals surface area contributed by atoms with Gasteiger partial charge in [-0.2, -0.15) is 0 Å². The molecule has 25 heavy (non-hydrogen) atoms. The van der Waals surface area contributed by atoms with Crippen LogP contribution in [0.2, 0.25) is 0 Å². The van der Waals surface area contributed by atoms with E-state index >= 15 is 0 Å². The van der Waals surface area contributed by atoms with Gasteiger partial charge in [-0.05, 0) is 36.5 Å². The average molecular weight is 340 g/mol. The summed E-state index contributed by atoms with van der Waals surface area (Å²) in [7, 11) is 0. The van der Waals surface area contributed by atoms with E-state index in [0.717, 1.165) is 35.3 Å². The van der Waals surface area contributed by atoms with E-state index in [9.17, 15) is 9.90 Å². The van der Waals surface area contributed by atoms with Gasteiger partial charge >= 0.3 is 6.03 Å². The summed E-state index contributed by atoms with van der Waals surface area (Å²) in [5.74, 6) is 0.845. The summed E-state index contributed by atoms with van der Waals surface area (Å²) in [6.45, 7) is 0.754. The molecule has 132 valence electrons. The number of urea groups is 1. The minimum Gasteiger partial charge on any atom is -0.490 e. The Kier molecular flexibility index (Phi) is 5.90. The molecule has 0 unspecified atom stereocenters. The lowest BCUT2D eigenvalue weighted by Gasteiger charge is -2.27. The molecule has 0 aromatic heterocycles. The van der Waals surface area contributed by atoms with Crippen molar-refractivity contribution in [2.24, 2.45) is 0 Å². The van der Waals surface area contributed by atoms with Gasteiger partial charge in [0, 0.05) is 18.7 Å². The summed E-state index contributed by atoms with van der Waals surface area (Å²) in [4.78, 5) is 12.1. The summed E-state index contributed by atoms with van der Waals surface area (Å²) in [6.07, 6.45) is 3.74. The lowest BCUT2D eigenvalue weighted by atomic mass is 9.96. The number of hydrogen-bond donors (Lipinski definition) is 3. The third-order valence-electron chi connectivity index (χ3n) is 4.49. The number of carbonyl (C=O) groups is 1. The number of para-hydroxylation sites is 1. The van der Waals surface area contributed by atoms with Crippen molar-refractivity contribution < 1.29 is 14.6 Å². The van der Waals surface area contributed by atoms with Crippen LogP contribution >= 0.6 is 0 Å². The predicted molar refractivity (Wildman–Crippen MR) is 96.1 cm³/mol. The van der Waals surface area contributed by atoms with Gasteiger partial charge in [-0.1, -0.05) is 42.5 Å². The molecule has 0 atom stereocenters. The van der Waals surface area contributed by atoms with Crippen molar-refractivity contribution in [1.29, 1.82) is 0 Å². The van der Waals surface area contributed by atoms with Crippen LogP contribution in [0.4, 0.5) is 4.79 Å². The van der Waals surface area contributed by atoms with Crippen LogP contribution in [-0.4, -0.2) is 17.2 Å². The van der Waals surface area contributed by atoms with Crippen molar-refractivity contribution in [2.45, 2.75) is 45.1 Å². The number of hydrogen-bond acceptors (Lipinski definition) is 3. The van der Waals surface area contributed by atoms with E-state index < -0.39 is 0 Å². The zero-order chi connectivity index (χ0) is 17.5. The highest BCUT2D eigenvalue weighted by atomic mass is 16.5. The quantitative estimate of drug-likeness (QED) is 0.725. The highest BCUT2D eigenvalue weighted by Crippen LogP contribution is 2.27. The first-order valence-corrected chi connectivity index (χ1v) is 8.70. The van der Waals surface area contributed by atoms with Gasteiger partial charge in [0.25, 0.3) is 0 Å². The maximum Gasteiger partial charge on any atom is 0.315 e. The molecule has 2 aromatic rings. The summed E-state index contributed by atoms with van der Waals surface area (Å²) in [5.41, 5.74) is 2.70. The molecule has 5 nitrogen and oxygen atoms in total. The maximum atomic E-state index is 12.1. The van der Waals surface area contributed by atoms with Gasteiger partial charge in [-0.3, -0.25) is 0 Å². The van der Waals surface area contributed by atoms with E-state index in [0.29, 0.717) is 19.2 Å². The Morgan fingerprint density at radius 2 is 1.56 bits per heavy atom. The fraction of sp³-hybridized carbons (Fsp3) is 0.350. The van der Waals surface area contributed by atoms with E-state index in [1.54, 1.807) is 0 Å². The monoisotopic (exact) mass is 340 g/mol. The first-order valence-electron chi connectivity index (χ1n) is 8.70. The Labute approximate surface area is 148 Å². The van der Waals surface area contributed by atoms with E-state index in [4.69, 9.17) is 4.74 Å². The Bertz CT molecular complexity index is 714. The molecule has 0 radical (unpaired) electrons. The van der Waals surface area contributed by atoms with Gasteiger partial charge in [0.1, 0.15) is 5.75 Å². The molecule has 3 rings (SSSR count). The summed E-state index contributed by atoms with van der Waals surface area (Å²) >= 11 is 0.